The number of nitrogens with zero attached hydrogens (tertiary/aromatic N) is 1. The van der Waals surface area contributed by atoms with Gasteiger partial charge < -0.3 is 19.5 Å². The fourth-order valence-electron chi connectivity index (χ4n) is 2.60. The monoisotopic (exact) mass is 486 g/mol. The molecule has 2 aromatic rings. The van der Waals surface area contributed by atoms with E-state index in [4.69, 9.17) is 9.47 Å². The SMILES string of the molecule is CCCOc1c(Br)cc(/C=C(\C#N)C(=O)Nc2ccc(C(=O)OC)cc2)cc1OCC. The summed E-state index contributed by atoms with van der Waals surface area (Å²) in [6.45, 7) is 4.84. The van der Waals surface area contributed by atoms with Crippen molar-refractivity contribution in [3.05, 3.63) is 57.6 Å². The molecule has 162 valence electrons. The first-order valence-corrected chi connectivity index (χ1v) is 10.4. The molecule has 0 atom stereocenters. The molecule has 0 aliphatic rings. The number of esters is 1. The Morgan fingerprint density at radius 2 is 1.87 bits per heavy atom. The molecule has 2 rings (SSSR count). The highest BCUT2D eigenvalue weighted by Crippen LogP contribution is 2.37. The van der Waals surface area contributed by atoms with Crippen molar-refractivity contribution in [1.82, 2.24) is 0 Å². The largest absolute Gasteiger partial charge is 0.490 e. The number of hydrogen-bond acceptors (Lipinski definition) is 6. The first kappa shape index (κ1) is 24.0. The maximum Gasteiger partial charge on any atom is 0.337 e. The fourth-order valence-corrected chi connectivity index (χ4v) is 3.17. The molecule has 8 heteroatoms. The molecule has 0 spiro atoms. The number of benzene rings is 2. The van der Waals surface area contributed by atoms with Gasteiger partial charge in [-0.1, -0.05) is 6.92 Å². The number of ether oxygens (including phenoxy) is 3. The van der Waals surface area contributed by atoms with Crippen LogP contribution in [0.5, 0.6) is 11.5 Å². The highest BCUT2D eigenvalue weighted by molar-refractivity contribution is 9.10. The summed E-state index contributed by atoms with van der Waals surface area (Å²) in [7, 11) is 1.29. The average molecular weight is 487 g/mol. The van der Waals surface area contributed by atoms with Crippen molar-refractivity contribution < 1.29 is 23.8 Å². The minimum Gasteiger partial charge on any atom is -0.490 e. The molecule has 0 unspecified atom stereocenters. The number of hydrogen-bond donors (Lipinski definition) is 1. The lowest BCUT2D eigenvalue weighted by Crippen LogP contribution is -2.13. The van der Waals surface area contributed by atoms with Gasteiger partial charge in [-0.05, 0) is 77.3 Å². The lowest BCUT2D eigenvalue weighted by Gasteiger charge is -2.14. The predicted molar refractivity (Wildman–Crippen MR) is 121 cm³/mol. The van der Waals surface area contributed by atoms with Crippen LogP contribution in [0.2, 0.25) is 0 Å². The van der Waals surface area contributed by atoms with Crippen molar-refractivity contribution in [2.45, 2.75) is 20.3 Å². The lowest BCUT2D eigenvalue weighted by molar-refractivity contribution is -0.112. The summed E-state index contributed by atoms with van der Waals surface area (Å²) in [5.74, 6) is 0.0495. The second-order valence-electron chi connectivity index (χ2n) is 6.30. The van der Waals surface area contributed by atoms with Gasteiger partial charge in [-0.3, -0.25) is 4.79 Å². The topological polar surface area (TPSA) is 97.7 Å². The molecule has 0 heterocycles. The molecule has 0 fully saturated rings. The number of halogens is 1. The van der Waals surface area contributed by atoms with Gasteiger partial charge in [0.1, 0.15) is 11.6 Å². The highest BCUT2D eigenvalue weighted by atomic mass is 79.9. The van der Waals surface area contributed by atoms with Gasteiger partial charge in [0.15, 0.2) is 11.5 Å². The van der Waals surface area contributed by atoms with E-state index in [1.165, 1.54) is 25.3 Å². The molecule has 0 saturated carbocycles. The summed E-state index contributed by atoms with van der Waals surface area (Å²) in [5, 5.41) is 12.1. The lowest BCUT2D eigenvalue weighted by atomic mass is 10.1. The predicted octanol–water partition coefficient (Wildman–Crippen LogP) is 4.97. The zero-order valence-electron chi connectivity index (χ0n) is 17.5. The van der Waals surface area contributed by atoms with Crippen LogP contribution in [0.25, 0.3) is 6.08 Å². The Balaban J connectivity index is 2.26. The second kappa shape index (κ2) is 11.8. The van der Waals surface area contributed by atoms with Crippen molar-refractivity contribution in [2.24, 2.45) is 0 Å². The van der Waals surface area contributed by atoms with Crippen LogP contribution in [0.1, 0.15) is 36.2 Å². The van der Waals surface area contributed by atoms with E-state index in [0.29, 0.717) is 46.0 Å². The van der Waals surface area contributed by atoms with Crippen molar-refractivity contribution in [2.75, 3.05) is 25.6 Å². The molecular formula is C23H23BrN2O5. The van der Waals surface area contributed by atoms with Crippen LogP contribution >= 0.6 is 15.9 Å². The average Bonchev–Trinajstić information content (AvgIpc) is 2.77. The summed E-state index contributed by atoms with van der Waals surface area (Å²) in [6, 6.07) is 11.6. The molecule has 2 aromatic carbocycles. The van der Waals surface area contributed by atoms with Crippen molar-refractivity contribution in [1.29, 1.82) is 5.26 Å². The van der Waals surface area contributed by atoms with Crippen LogP contribution in [0.15, 0.2) is 46.4 Å². The van der Waals surface area contributed by atoms with E-state index >= 15 is 0 Å². The molecule has 1 amide bonds. The summed E-state index contributed by atoms with van der Waals surface area (Å²) in [4.78, 5) is 24.1. The Hall–Kier alpha value is -3.31. The molecule has 0 radical (unpaired) electrons. The fraction of sp³-hybridized carbons (Fsp3) is 0.261. The molecule has 7 nitrogen and oxygen atoms in total. The smallest absolute Gasteiger partial charge is 0.337 e. The molecule has 0 aliphatic heterocycles. The van der Waals surface area contributed by atoms with Crippen LogP contribution in [-0.4, -0.2) is 32.2 Å². The van der Waals surface area contributed by atoms with E-state index in [0.717, 1.165) is 6.42 Å². The zero-order chi connectivity index (χ0) is 22.8. The minimum absolute atomic E-state index is 0.0892. The number of carbonyl (C=O) groups is 2. The van der Waals surface area contributed by atoms with E-state index in [1.54, 1.807) is 24.3 Å². The van der Waals surface area contributed by atoms with Gasteiger partial charge in [0.05, 0.1) is 30.4 Å². The van der Waals surface area contributed by atoms with Gasteiger partial charge in [0, 0.05) is 5.69 Å². The molecule has 31 heavy (non-hydrogen) atoms. The second-order valence-corrected chi connectivity index (χ2v) is 7.16. The van der Waals surface area contributed by atoms with E-state index < -0.39 is 11.9 Å². The number of amides is 1. The van der Waals surface area contributed by atoms with Gasteiger partial charge in [0.2, 0.25) is 0 Å². The third kappa shape index (κ3) is 6.59. The third-order valence-electron chi connectivity index (χ3n) is 4.02. The Kier molecular flexibility index (Phi) is 9.10. The summed E-state index contributed by atoms with van der Waals surface area (Å²) < 4.78 is 16.7. The first-order valence-electron chi connectivity index (χ1n) is 9.64. The van der Waals surface area contributed by atoms with Crippen LogP contribution in [0, 0.1) is 11.3 Å². The van der Waals surface area contributed by atoms with Crippen molar-refractivity contribution in [3.8, 4) is 17.6 Å². The van der Waals surface area contributed by atoms with Crippen molar-refractivity contribution in [3.63, 3.8) is 0 Å². The first-order chi connectivity index (χ1) is 14.9. The zero-order valence-corrected chi connectivity index (χ0v) is 19.1. The van der Waals surface area contributed by atoms with E-state index in [2.05, 4.69) is 26.0 Å². The minimum atomic E-state index is -0.575. The van der Waals surface area contributed by atoms with Crippen LogP contribution in [0.3, 0.4) is 0 Å². The van der Waals surface area contributed by atoms with E-state index in [1.807, 2.05) is 19.9 Å². The van der Waals surface area contributed by atoms with E-state index in [-0.39, 0.29) is 5.57 Å². The molecular weight excluding hydrogens is 464 g/mol. The van der Waals surface area contributed by atoms with Crippen LogP contribution in [0.4, 0.5) is 5.69 Å². The Bertz CT molecular complexity index is 1010. The number of carbonyl (C=O) groups excluding carboxylic acids is 2. The maximum absolute atomic E-state index is 12.6. The number of anilines is 1. The standard InChI is InChI=1S/C23H23BrN2O5/c1-4-10-31-21-19(24)12-15(13-20(21)30-5-2)11-17(14-25)22(27)26-18-8-6-16(7-9-18)23(28)29-3/h6-9,11-13H,4-5,10H2,1-3H3,(H,26,27)/b17-11+. The number of nitrogens with one attached hydrogen (secondary N) is 1. The Morgan fingerprint density at radius 3 is 2.45 bits per heavy atom. The van der Waals surface area contributed by atoms with Gasteiger partial charge in [-0.2, -0.15) is 5.26 Å². The van der Waals surface area contributed by atoms with Crippen LogP contribution < -0.4 is 14.8 Å². The molecule has 1 N–H and O–H groups in total. The summed E-state index contributed by atoms with van der Waals surface area (Å²) >= 11 is 3.47. The molecule has 0 saturated heterocycles. The Morgan fingerprint density at radius 1 is 1.16 bits per heavy atom. The summed E-state index contributed by atoms with van der Waals surface area (Å²) in [6.07, 6.45) is 2.31. The maximum atomic E-state index is 12.6. The van der Waals surface area contributed by atoms with Gasteiger partial charge in [-0.15, -0.1) is 0 Å². The van der Waals surface area contributed by atoms with Crippen molar-refractivity contribution >= 4 is 39.6 Å². The molecule has 0 aromatic heterocycles. The normalized spacial score (nSPS) is 10.7. The highest BCUT2D eigenvalue weighted by Gasteiger charge is 2.15. The molecule has 0 bridgehead atoms. The Labute approximate surface area is 189 Å². The summed E-state index contributed by atoms with van der Waals surface area (Å²) in [5.41, 5.74) is 1.31. The van der Waals surface area contributed by atoms with Gasteiger partial charge in [-0.25, -0.2) is 4.79 Å². The van der Waals surface area contributed by atoms with Gasteiger partial charge in [0.25, 0.3) is 5.91 Å². The number of nitriles is 1. The van der Waals surface area contributed by atoms with E-state index in [9.17, 15) is 14.9 Å². The molecule has 0 aliphatic carbocycles. The van der Waals surface area contributed by atoms with Crippen LogP contribution in [-0.2, 0) is 9.53 Å². The third-order valence-corrected chi connectivity index (χ3v) is 4.61. The number of rotatable bonds is 9. The number of methoxy groups -OCH3 is 1. The van der Waals surface area contributed by atoms with Gasteiger partial charge >= 0.3 is 5.97 Å². The quantitative estimate of drug-likeness (QED) is 0.305.